The smallest absolute Gasteiger partial charge is 0.243 e. The summed E-state index contributed by atoms with van der Waals surface area (Å²) in [6, 6.07) is 20.2. The number of fused-ring (bicyclic) bond motifs is 1. The molecule has 0 spiro atoms. The Balaban J connectivity index is 1.48. The molecule has 0 aliphatic carbocycles. The molecule has 6 N–H and O–H groups in total. The van der Waals surface area contributed by atoms with Gasteiger partial charge < -0.3 is 35.8 Å². The molecule has 36 heavy (non-hydrogen) atoms. The average molecular weight is 495 g/mol. The number of carbonyl (C=O) groups is 2. The molecule has 1 aliphatic heterocycles. The van der Waals surface area contributed by atoms with Crippen molar-refractivity contribution in [2.24, 2.45) is 0 Å². The van der Waals surface area contributed by atoms with E-state index in [1.54, 1.807) is 0 Å². The third-order valence-electron chi connectivity index (χ3n) is 6.32. The highest BCUT2D eigenvalue weighted by Gasteiger charge is 2.44. The maximum atomic E-state index is 13.2. The van der Waals surface area contributed by atoms with Gasteiger partial charge in [-0.2, -0.15) is 0 Å². The first-order valence-electron chi connectivity index (χ1n) is 11.8. The van der Waals surface area contributed by atoms with Crippen molar-refractivity contribution in [2.75, 3.05) is 6.61 Å². The highest BCUT2D eigenvalue weighted by Crippen LogP contribution is 2.20. The van der Waals surface area contributed by atoms with Crippen LogP contribution in [0.1, 0.15) is 11.1 Å². The van der Waals surface area contributed by atoms with Gasteiger partial charge >= 0.3 is 0 Å². The van der Waals surface area contributed by atoms with Gasteiger partial charge in [0, 0.05) is 6.42 Å². The van der Waals surface area contributed by atoms with E-state index in [4.69, 9.17) is 4.74 Å². The second-order valence-corrected chi connectivity index (χ2v) is 8.93. The minimum absolute atomic E-state index is 0.0537. The van der Waals surface area contributed by atoms with Gasteiger partial charge in [0.1, 0.15) is 30.4 Å². The summed E-state index contributed by atoms with van der Waals surface area (Å²) < 4.78 is 5.12. The lowest BCUT2D eigenvalue weighted by Crippen LogP contribution is -2.65. The molecule has 1 fully saturated rings. The topological polar surface area (TPSA) is 148 Å². The summed E-state index contributed by atoms with van der Waals surface area (Å²) in [6.07, 6.45) is -5.73. The predicted molar refractivity (Wildman–Crippen MR) is 132 cm³/mol. The fraction of sp³-hybridized carbons (Fsp3) is 0.333. The van der Waals surface area contributed by atoms with E-state index in [2.05, 4.69) is 10.6 Å². The summed E-state index contributed by atoms with van der Waals surface area (Å²) in [7, 11) is 0. The van der Waals surface area contributed by atoms with Gasteiger partial charge in [0.25, 0.3) is 0 Å². The Bertz CT molecular complexity index is 1190. The Kier molecular flexibility index (Phi) is 8.29. The van der Waals surface area contributed by atoms with Crippen molar-refractivity contribution < 1.29 is 34.8 Å². The van der Waals surface area contributed by atoms with Crippen molar-refractivity contribution >= 4 is 22.6 Å². The molecular weight excluding hydrogens is 464 g/mol. The van der Waals surface area contributed by atoms with Crippen molar-refractivity contribution in [3.8, 4) is 0 Å². The number of aliphatic hydroxyl groups excluding tert-OH is 4. The second-order valence-electron chi connectivity index (χ2n) is 8.93. The number of rotatable bonds is 8. The van der Waals surface area contributed by atoms with Crippen LogP contribution in [0.4, 0.5) is 0 Å². The molecule has 6 atom stereocenters. The lowest BCUT2D eigenvalue weighted by Gasteiger charge is -2.40. The molecule has 190 valence electrons. The maximum Gasteiger partial charge on any atom is 0.243 e. The standard InChI is InChI=1S/C27H30N2O7/c30-15-21-24(32)25(33)23(27(35)36-21)29-26(34)20(13-16-6-2-1-3-7-16)28-22(31)14-17-10-11-18-8-4-5-9-19(18)12-17/h1-12,20-21,23-25,27,30,32-33,35H,13-15H2,(H,28,31)(H,29,34)/t20-,21+,23-,24+,25+,27-/m0/s1. The zero-order chi connectivity index (χ0) is 25.7. The van der Waals surface area contributed by atoms with E-state index >= 15 is 0 Å². The lowest BCUT2D eigenvalue weighted by atomic mass is 9.96. The van der Waals surface area contributed by atoms with Crippen LogP contribution < -0.4 is 10.6 Å². The Hall–Kier alpha value is -3.34. The zero-order valence-corrected chi connectivity index (χ0v) is 19.5. The third kappa shape index (κ3) is 6.07. The molecule has 1 saturated heterocycles. The van der Waals surface area contributed by atoms with Gasteiger partial charge in [-0.05, 0) is 21.9 Å². The number of nitrogens with one attached hydrogen (secondary N) is 2. The van der Waals surface area contributed by atoms with E-state index in [1.165, 1.54) is 0 Å². The van der Waals surface area contributed by atoms with Crippen molar-refractivity contribution in [2.45, 2.75) is 49.5 Å². The molecule has 0 aromatic heterocycles. The van der Waals surface area contributed by atoms with E-state index in [0.29, 0.717) is 0 Å². The molecule has 0 saturated carbocycles. The van der Waals surface area contributed by atoms with E-state index in [1.807, 2.05) is 72.8 Å². The number of ether oxygens (including phenoxy) is 1. The van der Waals surface area contributed by atoms with Crippen molar-refractivity contribution in [3.63, 3.8) is 0 Å². The molecule has 4 rings (SSSR count). The molecule has 1 aliphatic rings. The number of benzene rings is 3. The molecule has 0 radical (unpaired) electrons. The van der Waals surface area contributed by atoms with Crippen LogP contribution in [0.15, 0.2) is 72.8 Å². The average Bonchev–Trinajstić information content (AvgIpc) is 2.88. The molecule has 0 unspecified atom stereocenters. The largest absolute Gasteiger partial charge is 0.394 e. The minimum Gasteiger partial charge on any atom is -0.394 e. The highest BCUT2D eigenvalue weighted by molar-refractivity contribution is 5.90. The van der Waals surface area contributed by atoms with Gasteiger partial charge in [0.05, 0.1) is 13.0 Å². The minimum atomic E-state index is -1.66. The Labute approximate surface area is 208 Å². The predicted octanol–water partition coefficient (Wildman–Crippen LogP) is 0.0259. The first kappa shape index (κ1) is 25.7. The number of hydrogen-bond donors (Lipinski definition) is 6. The molecule has 1 heterocycles. The number of aliphatic hydroxyl groups is 4. The van der Waals surface area contributed by atoms with Crippen molar-refractivity contribution in [1.82, 2.24) is 10.6 Å². The van der Waals surface area contributed by atoms with E-state index < -0.39 is 49.2 Å². The maximum absolute atomic E-state index is 13.2. The third-order valence-corrected chi connectivity index (χ3v) is 6.32. The van der Waals surface area contributed by atoms with Crippen LogP contribution >= 0.6 is 0 Å². The fourth-order valence-electron chi connectivity index (χ4n) is 4.36. The van der Waals surface area contributed by atoms with Crippen LogP contribution in [0.3, 0.4) is 0 Å². The second kappa shape index (κ2) is 11.6. The Morgan fingerprint density at radius 3 is 2.28 bits per heavy atom. The molecule has 3 aromatic rings. The normalized spacial score (nSPS) is 24.7. The van der Waals surface area contributed by atoms with Gasteiger partial charge in [0.15, 0.2) is 6.29 Å². The van der Waals surface area contributed by atoms with Gasteiger partial charge in [-0.25, -0.2) is 0 Å². The molecule has 3 aromatic carbocycles. The molecule has 9 nitrogen and oxygen atoms in total. The summed E-state index contributed by atoms with van der Waals surface area (Å²) in [5, 5.41) is 47.3. The van der Waals surface area contributed by atoms with Crippen LogP contribution in [0.25, 0.3) is 10.8 Å². The van der Waals surface area contributed by atoms with Gasteiger partial charge in [0.2, 0.25) is 11.8 Å². The number of hydrogen-bond acceptors (Lipinski definition) is 7. The molecule has 0 bridgehead atoms. The Morgan fingerprint density at radius 2 is 1.56 bits per heavy atom. The SMILES string of the molecule is O=C(Cc1ccc2ccccc2c1)N[C@@H](Cc1ccccc1)C(=O)N[C@H]1[C@@H](O)[C@H](O)[C@@H](CO)O[C@@H]1O. The lowest BCUT2D eigenvalue weighted by molar-refractivity contribution is -0.254. The van der Waals surface area contributed by atoms with Crippen LogP contribution in [0.2, 0.25) is 0 Å². The summed E-state index contributed by atoms with van der Waals surface area (Å²) in [6.45, 7) is -0.614. The van der Waals surface area contributed by atoms with Crippen molar-refractivity contribution in [1.29, 1.82) is 0 Å². The summed E-state index contributed by atoms with van der Waals surface area (Å²) >= 11 is 0. The van der Waals surface area contributed by atoms with Crippen LogP contribution in [0, 0.1) is 0 Å². The van der Waals surface area contributed by atoms with Gasteiger partial charge in [-0.3, -0.25) is 9.59 Å². The van der Waals surface area contributed by atoms with Crippen molar-refractivity contribution in [3.05, 3.63) is 83.9 Å². The quantitative estimate of drug-likeness (QED) is 0.259. The first-order valence-corrected chi connectivity index (χ1v) is 11.8. The Morgan fingerprint density at radius 1 is 0.861 bits per heavy atom. The summed E-state index contributed by atoms with van der Waals surface area (Å²) in [5.74, 6) is -1.03. The molecule has 2 amide bonds. The highest BCUT2D eigenvalue weighted by atomic mass is 16.6. The van der Waals surface area contributed by atoms with Gasteiger partial charge in [-0.15, -0.1) is 0 Å². The zero-order valence-electron chi connectivity index (χ0n) is 19.5. The van der Waals surface area contributed by atoms with Gasteiger partial charge in [-0.1, -0.05) is 72.8 Å². The monoisotopic (exact) mass is 494 g/mol. The molecule has 9 heteroatoms. The first-order chi connectivity index (χ1) is 17.4. The number of carbonyl (C=O) groups excluding carboxylic acids is 2. The van der Waals surface area contributed by atoms with E-state index in [0.717, 1.165) is 21.9 Å². The van der Waals surface area contributed by atoms with Crippen LogP contribution in [-0.2, 0) is 27.2 Å². The van der Waals surface area contributed by atoms with Crippen LogP contribution in [-0.4, -0.2) is 75.5 Å². The summed E-state index contributed by atoms with van der Waals surface area (Å²) in [5.41, 5.74) is 1.58. The summed E-state index contributed by atoms with van der Waals surface area (Å²) in [4.78, 5) is 26.1. The molecular formula is C27H30N2O7. The van der Waals surface area contributed by atoms with E-state index in [-0.39, 0.29) is 18.7 Å². The van der Waals surface area contributed by atoms with Crippen LogP contribution in [0.5, 0.6) is 0 Å². The number of amides is 2. The van der Waals surface area contributed by atoms with E-state index in [9.17, 15) is 30.0 Å². The fourth-order valence-corrected chi connectivity index (χ4v) is 4.36.